The molecule has 156 valence electrons. The minimum absolute atomic E-state index is 0.0181. The molecular formula is C24H24Cl2N2O2. The van der Waals surface area contributed by atoms with Gasteiger partial charge in [-0.05, 0) is 42.7 Å². The molecule has 30 heavy (non-hydrogen) atoms. The topological polar surface area (TPSA) is 49.4 Å². The van der Waals surface area contributed by atoms with Crippen molar-refractivity contribution in [3.05, 3.63) is 70.2 Å². The zero-order valence-electron chi connectivity index (χ0n) is 16.6. The van der Waals surface area contributed by atoms with Crippen LogP contribution in [0, 0.1) is 0 Å². The lowest BCUT2D eigenvalue weighted by Crippen LogP contribution is -2.48. The van der Waals surface area contributed by atoms with Crippen molar-refractivity contribution in [1.29, 1.82) is 0 Å². The second-order valence-corrected chi connectivity index (χ2v) is 8.91. The van der Waals surface area contributed by atoms with Crippen LogP contribution in [0.4, 0.5) is 5.69 Å². The summed E-state index contributed by atoms with van der Waals surface area (Å²) in [7, 11) is 0. The van der Waals surface area contributed by atoms with Gasteiger partial charge in [0, 0.05) is 21.8 Å². The van der Waals surface area contributed by atoms with E-state index >= 15 is 0 Å². The summed E-state index contributed by atoms with van der Waals surface area (Å²) in [6, 6.07) is 14.8. The van der Waals surface area contributed by atoms with Crippen molar-refractivity contribution in [3.63, 3.8) is 0 Å². The Labute approximate surface area is 186 Å². The highest BCUT2D eigenvalue weighted by molar-refractivity contribution is 6.35. The van der Waals surface area contributed by atoms with E-state index in [9.17, 15) is 9.59 Å². The average molecular weight is 443 g/mol. The molecule has 2 fully saturated rings. The molecule has 0 unspecified atom stereocenters. The largest absolute Gasteiger partial charge is 0.368 e. The molecule has 1 saturated heterocycles. The first kappa shape index (κ1) is 21.0. The predicted molar refractivity (Wildman–Crippen MR) is 122 cm³/mol. The number of nitrogens with zero attached hydrogens (tertiary/aromatic N) is 1. The number of halogens is 2. The molecule has 0 aromatic heterocycles. The van der Waals surface area contributed by atoms with Crippen LogP contribution < -0.4 is 5.32 Å². The zero-order valence-corrected chi connectivity index (χ0v) is 18.1. The van der Waals surface area contributed by atoms with Gasteiger partial charge >= 0.3 is 0 Å². The molecule has 4 rings (SSSR count). The molecule has 0 radical (unpaired) electrons. The molecule has 1 saturated carbocycles. The van der Waals surface area contributed by atoms with Gasteiger partial charge in [0.15, 0.2) is 0 Å². The summed E-state index contributed by atoms with van der Waals surface area (Å²) < 4.78 is 0. The minimum Gasteiger partial charge on any atom is -0.368 e. The number of hydrogen-bond acceptors (Lipinski definition) is 3. The van der Waals surface area contributed by atoms with Crippen LogP contribution in [0.1, 0.15) is 44.1 Å². The summed E-state index contributed by atoms with van der Waals surface area (Å²) >= 11 is 12.3. The third-order valence-electron chi connectivity index (χ3n) is 5.83. The lowest BCUT2D eigenvalue weighted by molar-refractivity contribution is -0.142. The number of nitrogens with one attached hydrogen (secondary N) is 1. The molecule has 1 atom stereocenters. The highest BCUT2D eigenvalue weighted by Gasteiger charge is 2.52. The van der Waals surface area contributed by atoms with Crippen LogP contribution in [0.2, 0.25) is 10.0 Å². The Balaban J connectivity index is 1.70. The van der Waals surface area contributed by atoms with E-state index in [-0.39, 0.29) is 24.3 Å². The van der Waals surface area contributed by atoms with Crippen molar-refractivity contribution in [2.24, 2.45) is 0 Å². The first-order valence-corrected chi connectivity index (χ1v) is 11.1. The number of carbonyl (C=O) groups is 2. The first-order valence-electron chi connectivity index (χ1n) is 10.3. The standard InChI is InChI=1S/C24H24Cl2N2O2/c25-18-13-19(26)15-20(14-18)27-24(12-11-17-7-3-1-4-8-17)16-22(29)28(23(24)30)21-9-5-2-6-10-21/h1,3-4,7-8,11-15,21,27H,2,5-6,9-10,16H2/b12-11-/t24-/m1/s1. The van der Waals surface area contributed by atoms with Crippen molar-refractivity contribution >= 4 is 46.8 Å². The Morgan fingerprint density at radius 2 is 1.63 bits per heavy atom. The number of imide groups is 1. The van der Waals surface area contributed by atoms with Gasteiger partial charge in [0.2, 0.25) is 5.91 Å². The fourth-order valence-corrected chi connectivity index (χ4v) is 4.92. The maximum absolute atomic E-state index is 13.7. The maximum Gasteiger partial charge on any atom is 0.259 e. The fraction of sp³-hybridized carbons (Fsp3) is 0.333. The molecule has 0 bridgehead atoms. The molecule has 1 heterocycles. The van der Waals surface area contributed by atoms with Gasteiger partial charge in [0.05, 0.1) is 6.42 Å². The van der Waals surface area contributed by atoms with Crippen LogP contribution in [-0.4, -0.2) is 28.3 Å². The third kappa shape index (κ3) is 4.40. The highest BCUT2D eigenvalue weighted by atomic mass is 35.5. The molecular weight excluding hydrogens is 419 g/mol. The van der Waals surface area contributed by atoms with Gasteiger partial charge in [-0.3, -0.25) is 14.5 Å². The van der Waals surface area contributed by atoms with Gasteiger partial charge in [-0.15, -0.1) is 0 Å². The second-order valence-electron chi connectivity index (χ2n) is 8.04. The molecule has 0 spiro atoms. The number of anilines is 1. The number of likely N-dealkylation sites (tertiary alicyclic amines) is 1. The molecule has 2 aromatic carbocycles. The van der Waals surface area contributed by atoms with E-state index in [1.165, 1.54) is 4.90 Å². The molecule has 2 aromatic rings. The Morgan fingerprint density at radius 3 is 2.30 bits per heavy atom. The fourth-order valence-electron chi connectivity index (χ4n) is 4.39. The van der Waals surface area contributed by atoms with Crippen LogP contribution in [0.25, 0.3) is 6.08 Å². The molecule has 1 aliphatic carbocycles. The average Bonchev–Trinajstić information content (AvgIpc) is 2.97. The smallest absolute Gasteiger partial charge is 0.259 e. The van der Waals surface area contributed by atoms with Crippen molar-refractivity contribution in [2.75, 3.05) is 5.32 Å². The zero-order chi connectivity index (χ0) is 21.1. The number of hydrogen-bond donors (Lipinski definition) is 1. The predicted octanol–water partition coefficient (Wildman–Crippen LogP) is 5.95. The van der Waals surface area contributed by atoms with Crippen LogP contribution in [-0.2, 0) is 9.59 Å². The SMILES string of the molecule is O=C1C[C@@](/C=C\c2ccccc2)(Nc2cc(Cl)cc(Cl)c2)C(=O)N1C1CCCCC1. The summed E-state index contributed by atoms with van der Waals surface area (Å²) in [6.07, 6.45) is 8.76. The van der Waals surface area contributed by atoms with Crippen LogP contribution in [0.5, 0.6) is 0 Å². The normalized spacial score (nSPS) is 22.8. The molecule has 6 heteroatoms. The van der Waals surface area contributed by atoms with Crippen LogP contribution in [0.3, 0.4) is 0 Å². The summed E-state index contributed by atoms with van der Waals surface area (Å²) in [5.41, 5.74) is 0.397. The van der Waals surface area contributed by atoms with Crippen molar-refractivity contribution < 1.29 is 9.59 Å². The number of amides is 2. The summed E-state index contributed by atoms with van der Waals surface area (Å²) in [6.45, 7) is 0. The number of carbonyl (C=O) groups excluding carboxylic acids is 2. The van der Waals surface area contributed by atoms with E-state index in [1.54, 1.807) is 24.3 Å². The number of rotatable bonds is 5. The quantitative estimate of drug-likeness (QED) is 0.581. The van der Waals surface area contributed by atoms with Crippen LogP contribution in [0.15, 0.2) is 54.6 Å². The molecule has 2 aliphatic rings. The van der Waals surface area contributed by atoms with E-state index in [0.29, 0.717) is 15.7 Å². The van der Waals surface area contributed by atoms with Gasteiger partial charge in [0.25, 0.3) is 5.91 Å². The van der Waals surface area contributed by atoms with Crippen molar-refractivity contribution in [1.82, 2.24) is 4.90 Å². The molecule has 2 amide bonds. The van der Waals surface area contributed by atoms with E-state index in [1.807, 2.05) is 36.4 Å². The molecule has 1 N–H and O–H groups in total. The summed E-state index contributed by atoms with van der Waals surface area (Å²) in [5.74, 6) is -0.340. The first-order chi connectivity index (χ1) is 14.5. The van der Waals surface area contributed by atoms with Gasteiger partial charge < -0.3 is 5.32 Å². The van der Waals surface area contributed by atoms with Crippen molar-refractivity contribution in [2.45, 2.75) is 50.1 Å². The Kier molecular flexibility index (Phi) is 6.16. The Bertz CT molecular complexity index is 950. The second kappa shape index (κ2) is 8.83. The molecule has 1 aliphatic heterocycles. The van der Waals surface area contributed by atoms with E-state index in [2.05, 4.69) is 5.32 Å². The van der Waals surface area contributed by atoms with E-state index in [0.717, 1.165) is 37.7 Å². The number of benzene rings is 2. The monoisotopic (exact) mass is 442 g/mol. The van der Waals surface area contributed by atoms with Crippen molar-refractivity contribution in [3.8, 4) is 0 Å². The third-order valence-corrected chi connectivity index (χ3v) is 6.27. The van der Waals surface area contributed by atoms with Gasteiger partial charge in [-0.2, -0.15) is 0 Å². The lowest BCUT2D eigenvalue weighted by atomic mass is 9.93. The van der Waals surface area contributed by atoms with E-state index < -0.39 is 5.54 Å². The van der Waals surface area contributed by atoms with Crippen LogP contribution >= 0.6 is 23.2 Å². The van der Waals surface area contributed by atoms with Gasteiger partial charge in [-0.1, -0.05) is 78.9 Å². The summed E-state index contributed by atoms with van der Waals surface area (Å²) in [4.78, 5) is 28.2. The Hall–Kier alpha value is -2.30. The highest BCUT2D eigenvalue weighted by Crippen LogP contribution is 2.36. The summed E-state index contributed by atoms with van der Waals surface area (Å²) in [5, 5.41) is 4.22. The van der Waals surface area contributed by atoms with Gasteiger partial charge in [0.1, 0.15) is 5.54 Å². The minimum atomic E-state index is -1.17. The molecule has 4 nitrogen and oxygen atoms in total. The lowest BCUT2D eigenvalue weighted by Gasteiger charge is -2.32. The van der Waals surface area contributed by atoms with E-state index in [4.69, 9.17) is 23.2 Å². The van der Waals surface area contributed by atoms with Gasteiger partial charge in [-0.25, -0.2) is 0 Å². The Morgan fingerprint density at radius 1 is 0.967 bits per heavy atom. The maximum atomic E-state index is 13.7.